The third-order valence-electron chi connectivity index (χ3n) is 2.46. The molecule has 0 atom stereocenters. The predicted molar refractivity (Wildman–Crippen MR) is 82.3 cm³/mol. The Bertz CT molecular complexity index is 536. The molecule has 1 aromatic rings. The van der Waals surface area contributed by atoms with E-state index < -0.39 is 18.5 Å². The van der Waals surface area contributed by atoms with Crippen molar-refractivity contribution < 1.29 is 23.9 Å². The Hall–Kier alpha value is -2.09. The van der Waals surface area contributed by atoms with Crippen molar-refractivity contribution in [2.75, 3.05) is 26.8 Å². The maximum atomic E-state index is 11.4. The zero-order valence-corrected chi connectivity index (χ0v) is 13.6. The summed E-state index contributed by atoms with van der Waals surface area (Å²) in [5.74, 6) is -0.789. The molecule has 2 amide bonds. The molecule has 7 nitrogen and oxygen atoms in total. The van der Waals surface area contributed by atoms with Gasteiger partial charge in [-0.15, -0.1) is 0 Å². The van der Waals surface area contributed by atoms with Gasteiger partial charge in [0, 0.05) is 11.5 Å². The van der Waals surface area contributed by atoms with Crippen LogP contribution in [0.5, 0.6) is 5.75 Å². The average molecular weight is 373 g/mol. The number of likely N-dealkylation sites (N-methyl/N-ethyl adjacent to an activating group) is 1. The van der Waals surface area contributed by atoms with Gasteiger partial charge in [0.15, 0.2) is 6.61 Å². The van der Waals surface area contributed by atoms with Crippen LogP contribution in [0.1, 0.15) is 6.42 Å². The Morgan fingerprint density at radius 1 is 1.23 bits per heavy atom. The molecule has 0 aromatic heterocycles. The molecule has 0 aliphatic carbocycles. The van der Waals surface area contributed by atoms with Crippen LogP contribution in [0.4, 0.5) is 0 Å². The second-order valence-electron chi connectivity index (χ2n) is 4.17. The lowest BCUT2D eigenvalue weighted by Crippen LogP contribution is -2.37. The number of ether oxygens (including phenoxy) is 2. The fourth-order valence-corrected chi connectivity index (χ4v) is 1.72. The average Bonchev–Trinajstić information content (AvgIpc) is 2.50. The fraction of sp³-hybridized carbons (Fsp3) is 0.357. The van der Waals surface area contributed by atoms with E-state index in [0.717, 1.165) is 4.47 Å². The van der Waals surface area contributed by atoms with Crippen LogP contribution in [-0.2, 0) is 19.1 Å². The van der Waals surface area contributed by atoms with E-state index in [-0.39, 0.29) is 25.5 Å². The first-order valence-corrected chi connectivity index (χ1v) is 7.32. The molecule has 1 rings (SSSR count). The first-order chi connectivity index (χ1) is 10.5. The number of hydrogen-bond donors (Lipinski definition) is 2. The highest BCUT2D eigenvalue weighted by Crippen LogP contribution is 2.17. The highest BCUT2D eigenvalue weighted by atomic mass is 79.9. The van der Waals surface area contributed by atoms with E-state index in [1.807, 2.05) is 12.1 Å². The number of halogens is 1. The smallest absolute Gasteiger partial charge is 0.309 e. The van der Waals surface area contributed by atoms with Gasteiger partial charge in [-0.05, 0) is 18.2 Å². The molecule has 22 heavy (non-hydrogen) atoms. The van der Waals surface area contributed by atoms with E-state index in [1.165, 1.54) is 7.05 Å². The lowest BCUT2D eigenvalue weighted by atomic mass is 10.3. The molecule has 0 saturated heterocycles. The molecular weight excluding hydrogens is 356 g/mol. The highest BCUT2D eigenvalue weighted by molar-refractivity contribution is 9.10. The summed E-state index contributed by atoms with van der Waals surface area (Å²) >= 11 is 3.31. The predicted octanol–water partition coefficient (Wildman–Crippen LogP) is 0.623. The Kier molecular flexibility index (Phi) is 7.98. The zero-order chi connectivity index (χ0) is 16.4. The van der Waals surface area contributed by atoms with Crippen molar-refractivity contribution >= 4 is 33.7 Å². The lowest BCUT2D eigenvalue weighted by Gasteiger charge is -2.07. The summed E-state index contributed by atoms with van der Waals surface area (Å²) in [5.41, 5.74) is 0. The summed E-state index contributed by atoms with van der Waals surface area (Å²) < 4.78 is 11.0. The number of esters is 1. The van der Waals surface area contributed by atoms with Crippen LogP contribution in [-0.4, -0.2) is 44.6 Å². The van der Waals surface area contributed by atoms with Crippen LogP contribution < -0.4 is 15.4 Å². The molecular formula is C14H17BrN2O5. The normalized spacial score (nSPS) is 9.73. The van der Waals surface area contributed by atoms with Gasteiger partial charge >= 0.3 is 5.97 Å². The topological polar surface area (TPSA) is 93.7 Å². The second-order valence-corrected chi connectivity index (χ2v) is 5.08. The van der Waals surface area contributed by atoms with Crippen LogP contribution in [0.25, 0.3) is 0 Å². The Morgan fingerprint density at radius 3 is 2.68 bits per heavy atom. The maximum absolute atomic E-state index is 11.4. The second kappa shape index (κ2) is 9.78. The van der Waals surface area contributed by atoms with Crippen LogP contribution in [0.3, 0.4) is 0 Å². The van der Waals surface area contributed by atoms with Gasteiger partial charge in [-0.3, -0.25) is 14.4 Å². The third-order valence-corrected chi connectivity index (χ3v) is 2.95. The van der Waals surface area contributed by atoms with E-state index in [1.54, 1.807) is 12.1 Å². The van der Waals surface area contributed by atoms with Gasteiger partial charge in [0.05, 0.1) is 19.6 Å². The van der Waals surface area contributed by atoms with Gasteiger partial charge in [-0.2, -0.15) is 0 Å². The number of benzene rings is 1. The van der Waals surface area contributed by atoms with Gasteiger partial charge in [-0.25, -0.2) is 0 Å². The van der Waals surface area contributed by atoms with Crippen molar-refractivity contribution in [3.8, 4) is 5.75 Å². The first-order valence-electron chi connectivity index (χ1n) is 6.52. The van der Waals surface area contributed by atoms with Gasteiger partial charge in [-0.1, -0.05) is 22.0 Å². The molecule has 0 aliphatic rings. The molecule has 0 unspecified atom stereocenters. The molecule has 0 heterocycles. The Labute approximate surface area is 136 Å². The van der Waals surface area contributed by atoms with Crippen molar-refractivity contribution in [2.24, 2.45) is 0 Å². The Balaban J connectivity index is 2.15. The quantitative estimate of drug-likeness (QED) is 0.652. The standard InChI is InChI=1S/C14H17BrN2O5/c1-16-12(18)8-17-13(19)9-22-14(20)5-6-21-11-4-2-3-10(15)7-11/h2-4,7H,5-6,8-9H2,1H3,(H,16,18)(H,17,19). The Morgan fingerprint density at radius 2 is 2.00 bits per heavy atom. The number of nitrogens with one attached hydrogen (secondary N) is 2. The number of amides is 2. The van der Waals surface area contributed by atoms with Gasteiger partial charge in [0.1, 0.15) is 5.75 Å². The third kappa shape index (κ3) is 7.63. The SMILES string of the molecule is CNC(=O)CNC(=O)COC(=O)CCOc1cccc(Br)c1. The van der Waals surface area contributed by atoms with Crippen molar-refractivity contribution in [2.45, 2.75) is 6.42 Å². The summed E-state index contributed by atoms with van der Waals surface area (Å²) in [4.78, 5) is 33.6. The minimum absolute atomic E-state index is 0.0231. The molecule has 0 aliphatic heterocycles. The van der Waals surface area contributed by atoms with E-state index in [4.69, 9.17) is 9.47 Å². The summed E-state index contributed by atoms with van der Waals surface area (Å²) in [6.07, 6.45) is 0.0231. The van der Waals surface area contributed by atoms with Crippen molar-refractivity contribution in [3.05, 3.63) is 28.7 Å². The highest BCUT2D eigenvalue weighted by Gasteiger charge is 2.09. The summed E-state index contributed by atoms with van der Waals surface area (Å²) in [5, 5.41) is 4.66. The molecule has 0 radical (unpaired) electrons. The minimum atomic E-state index is -0.551. The van der Waals surface area contributed by atoms with Gasteiger partial charge in [0.2, 0.25) is 5.91 Å². The molecule has 0 saturated carbocycles. The monoisotopic (exact) mass is 372 g/mol. The lowest BCUT2D eigenvalue weighted by molar-refractivity contribution is -0.149. The van der Waals surface area contributed by atoms with Crippen molar-refractivity contribution in [1.29, 1.82) is 0 Å². The molecule has 2 N–H and O–H groups in total. The largest absolute Gasteiger partial charge is 0.493 e. The maximum Gasteiger partial charge on any atom is 0.309 e. The van der Waals surface area contributed by atoms with E-state index in [9.17, 15) is 14.4 Å². The molecule has 0 bridgehead atoms. The molecule has 0 spiro atoms. The minimum Gasteiger partial charge on any atom is -0.493 e. The van der Waals surface area contributed by atoms with E-state index >= 15 is 0 Å². The fourth-order valence-electron chi connectivity index (χ4n) is 1.35. The molecule has 120 valence electrons. The van der Waals surface area contributed by atoms with Crippen LogP contribution in [0, 0.1) is 0 Å². The summed E-state index contributed by atoms with van der Waals surface area (Å²) in [6, 6.07) is 7.22. The molecule has 8 heteroatoms. The van der Waals surface area contributed by atoms with Gasteiger partial charge in [0.25, 0.3) is 5.91 Å². The number of carbonyl (C=O) groups excluding carboxylic acids is 3. The van der Waals surface area contributed by atoms with E-state index in [0.29, 0.717) is 5.75 Å². The number of rotatable bonds is 8. The molecule has 0 fully saturated rings. The van der Waals surface area contributed by atoms with Crippen LogP contribution >= 0.6 is 15.9 Å². The van der Waals surface area contributed by atoms with Crippen LogP contribution in [0.15, 0.2) is 28.7 Å². The van der Waals surface area contributed by atoms with Gasteiger partial charge < -0.3 is 20.1 Å². The van der Waals surface area contributed by atoms with Crippen molar-refractivity contribution in [3.63, 3.8) is 0 Å². The van der Waals surface area contributed by atoms with Crippen molar-refractivity contribution in [1.82, 2.24) is 10.6 Å². The summed E-state index contributed by atoms with van der Waals surface area (Å²) in [6.45, 7) is -0.430. The number of hydrogen-bond acceptors (Lipinski definition) is 5. The van der Waals surface area contributed by atoms with E-state index in [2.05, 4.69) is 26.6 Å². The first kappa shape index (κ1) is 18.0. The molecule has 1 aromatic carbocycles. The number of carbonyl (C=O) groups is 3. The summed E-state index contributed by atoms with van der Waals surface area (Å²) in [7, 11) is 1.46. The van der Waals surface area contributed by atoms with Crippen LogP contribution in [0.2, 0.25) is 0 Å². The zero-order valence-electron chi connectivity index (χ0n) is 12.1.